The Hall–Kier alpha value is -2.99. The maximum Gasteiger partial charge on any atom is 0.336 e. The number of benzene rings is 2. The smallest absolute Gasteiger partial charge is 0.336 e. The molecule has 1 aliphatic heterocycles. The fourth-order valence-corrected chi connectivity index (χ4v) is 4.09. The highest BCUT2D eigenvalue weighted by Gasteiger charge is 2.22. The Morgan fingerprint density at radius 2 is 1.87 bits per heavy atom. The molecule has 2 aromatic carbocycles. The molecule has 0 amide bonds. The Labute approximate surface area is 182 Å². The van der Waals surface area contributed by atoms with Crippen LogP contribution in [0.3, 0.4) is 0 Å². The fourth-order valence-electron chi connectivity index (χ4n) is 4.09. The molecule has 1 aromatic heterocycles. The van der Waals surface area contributed by atoms with E-state index < -0.39 is 0 Å². The van der Waals surface area contributed by atoms with Gasteiger partial charge in [0, 0.05) is 24.5 Å². The molecule has 31 heavy (non-hydrogen) atoms. The molecule has 0 saturated heterocycles. The van der Waals surface area contributed by atoms with Crippen LogP contribution in [0.15, 0.2) is 45.6 Å². The van der Waals surface area contributed by atoms with Gasteiger partial charge in [-0.1, -0.05) is 19.4 Å². The van der Waals surface area contributed by atoms with Gasteiger partial charge in [-0.15, -0.1) is 0 Å². The van der Waals surface area contributed by atoms with E-state index in [0.717, 1.165) is 71.6 Å². The number of nitrogens with zero attached hydrogens (tertiary/aromatic N) is 1. The SMILES string of the molecule is CCCCc1cc(=O)oc2c3c(ccc12)OCN(CCc1ccc(OC)c(OC)c1)C3. The lowest BCUT2D eigenvalue weighted by Crippen LogP contribution is -2.33. The van der Waals surface area contributed by atoms with Crippen LogP contribution < -0.4 is 19.8 Å². The average Bonchev–Trinajstić information content (AvgIpc) is 2.80. The normalized spacial score (nSPS) is 13.6. The van der Waals surface area contributed by atoms with E-state index in [0.29, 0.717) is 18.9 Å². The first kappa shape index (κ1) is 21.2. The minimum atomic E-state index is -0.297. The highest BCUT2D eigenvalue weighted by atomic mass is 16.5. The maximum absolute atomic E-state index is 12.2. The number of ether oxygens (including phenoxy) is 3. The van der Waals surface area contributed by atoms with Crippen LogP contribution in [0.2, 0.25) is 0 Å². The second-order valence-corrected chi connectivity index (χ2v) is 7.88. The quantitative estimate of drug-likeness (QED) is 0.496. The van der Waals surface area contributed by atoms with Gasteiger partial charge in [-0.3, -0.25) is 4.90 Å². The van der Waals surface area contributed by atoms with E-state index in [1.54, 1.807) is 20.3 Å². The summed E-state index contributed by atoms with van der Waals surface area (Å²) in [6.07, 6.45) is 3.85. The van der Waals surface area contributed by atoms with Gasteiger partial charge in [0.25, 0.3) is 0 Å². The summed E-state index contributed by atoms with van der Waals surface area (Å²) in [4.78, 5) is 14.4. The number of aryl methyl sites for hydroxylation is 1. The monoisotopic (exact) mass is 423 g/mol. The molecule has 3 aromatic rings. The minimum Gasteiger partial charge on any atom is -0.493 e. The molecule has 164 valence electrons. The average molecular weight is 424 g/mol. The lowest BCUT2D eigenvalue weighted by atomic mass is 10.0. The number of methoxy groups -OCH3 is 2. The fraction of sp³-hybridized carbons (Fsp3) is 0.400. The van der Waals surface area contributed by atoms with Crippen molar-refractivity contribution in [2.45, 2.75) is 39.2 Å². The summed E-state index contributed by atoms with van der Waals surface area (Å²) < 4.78 is 22.4. The third-order valence-corrected chi connectivity index (χ3v) is 5.81. The molecule has 0 atom stereocenters. The Kier molecular flexibility index (Phi) is 6.47. The van der Waals surface area contributed by atoms with Crippen molar-refractivity contribution < 1.29 is 18.6 Å². The summed E-state index contributed by atoms with van der Waals surface area (Å²) in [5, 5.41) is 1.01. The largest absolute Gasteiger partial charge is 0.493 e. The Balaban J connectivity index is 1.55. The molecule has 2 heterocycles. The summed E-state index contributed by atoms with van der Waals surface area (Å²) >= 11 is 0. The maximum atomic E-state index is 12.2. The second-order valence-electron chi connectivity index (χ2n) is 7.88. The molecule has 0 bridgehead atoms. The number of hydrogen-bond acceptors (Lipinski definition) is 6. The van der Waals surface area contributed by atoms with Crippen molar-refractivity contribution in [2.24, 2.45) is 0 Å². The van der Waals surface area contributed by atoms with E-state index in [9.17, 15) is 4.79 Å². The predicted molar refractivity (Wildman–Crippen MR) is 120 cm³/mol. The first-order valence-electron chi connectivity index (χ1n) is 10.8. The topological polar surface area (TPSA) is 61.1 Å². The van der Waals surface area contributed by atoms with Gasteiger partial charge in [0.15, 0.2) is 11.5 Å². The molecule has 1 aliphatic rings. The Morgan fingerprint density at radius 1 is 1.03 bits per heavy atom. The summed E-state index contributed by atoms with van der Waals surface area (Å²) in [6, 6.07) is 11.6. The molecular weight excluding hydrogens is 394 g/mol. The Bertz CT molecular complexity index is 1120. The number of rotatable bonds is 8. The molecule has 0 saturated carbocycles. The van der Waals surface area contributed by atoms with Crippen molar-refractivity contribution in [1.82, 2.24) is 4.90 Å². The van der Waals surface area contributed by atoms with E-state index in [2.05, 4.69) is 17.9 Å². The van der Waals surface area contributed by atoms with Crippen LogP contribution in [-0.2, 0) is 19.4 Å². The Morgan fingerprint density at radius 3 is 2.65 bits per heavy atom. The van der Waals surface area contributed by atoms with Crippen molar-refractivity contribution in [3.63, 3.8) is 0 Å². The summed E-state index contributed by atoms with van der Waals surface area (Å²) in [7, 11) is 3.28. The summed E-state index contributed by atoms with van der Waals surface area (Å²) in [5.41, 5.74) is 3.53. The van der Waals surface area contributed by atoms with Crippen molar-refractivity contribution in [1.29, 1.82) is 0 Å². The van der Waals surface area contributed by atoms with Crippen LogP contribution >= 0.6 is 0 Å². The lowest BCUT2D eigenvalue weighted by Gasteiger charge is -2.29. The second kappa shape index (κ2) is 9.43. The van der Waals surface area contributed by atoms with E-state index in [4.69, 9.17) is 18.6 Å². The first-order valence-corrected chi connectivity index (χ1v) is 10.8. The molecule has 0 radical (unpaired) electrons. The highest BCUT2D eigenvalue weighted by Crippen LogP contribution is 2.34. The molecule has 6 nitrogen and oxygen atoms in total. The third kappa shape index (κ3) is 4.54. The first-order chi connectivity index (χ1) is 15.1. The van der Waals surface area contributed by atoms with Crippen LogP contribution in [-0.4, -0.2) is 32.4 Å². The van der Waals surface area contributed by atoms with Crippen molar-refractivity contribution >= 4 is 11.0 Å². The number of hydrogen-bond donors (Lipinski definition) is 0. The van der Waals surface area contributed by atoms with Crippen molar-refractivity contribution in [2.75, 3.05) is 27.5 Å². The van der Waals surface area contributed by atoms with Gasteiger partial charge >= 0.3 is 5.63 Å². The summed E-state index contributed by atoms with van der Waals surface area (Å²) in [5.74, 6) is 2.25. The number of unbranched alkanes of at least 4 members (excludes halogenated alkanes) is 1. The van der Waals surface area contributed by atoms with Crippen LogP contribution in [0.4, 0.5) is 0 Å². The lowest BCUT2D eigenvalue weighted by molar-refractivity contribution is 0.0967. The third-order valence-electron chi connectivity index (χ3n) is 5.81. The van der Waals surface area contributed by atoms with Gasteiger partial charge in [-0.25, -0.2) is 4.79 Å². The molecule has 0 fully saturated rings. The van der Waals surface area contributed by atoms with Gasteiger partial charge in [-0.05, 0) is 54.7 Å². The molecule has 0 N–H and O–H groups in total. The van der Waals surface area contributed by atoms with E-state index in [-0.39, 0.29) is 5.63 Å². The zero-order valence-corrected chi connectivity index (χ0v) is 18.4. The highest BCUT2D eigenvalue weighted by molar-refractivity contribution is 5.85. The zero-order valence-electron chi connectivity index (χ0n) is 18.4. The number of fused-ring (bicyclic) bond motifs is 3. The molecule has 6 heteroatoms. The predicted octanol–water partition coefficient (Wildman–Crippen LogP) is 4.55. The van der Waals surface area contributed by atoms with Crippen LogP contribution in [0.5, 0.6) is 17.2 Å². The van der Waals surface area contributed by atoms with Gasteiger partial charge in [0.05, 0.1) is 19.8 Å². The van der Waals surface area contributed by atoms with E-state index in [1.165, 1.54) is 0 Å². The van der Waals surface area contributed by atoms with Gasteiger partial charge < -0.3 is 18.6 Å². The van der Waals surface area contributed by atoms with E-state index >= 15 is 0 Å². The minimum absolute atomic E-state index is 0.297. The summed E-state index contributed by atoms with van der Waals surface area (Å²) in [6.45, 7) is 4.15. The van der Waals surface area contributed by atoms with Gasteiger partial charge in [-0.2, -0.15) is 0 Å². The van der Waals surface area contributed by atoms with Crippen LogP contribution in [0.1, 0.15) is 36.5 Å². The van der Waals surface area contributed by atoms with Crippen LogP contribution in [0.25, 0.3) is 11.0 Å². The molecule has 0 aliphatic carbocycles. The zero-order chi connectivity index (χ0) is 21.8. The standard InChI is InChI=1S/C25H29NO5/c1-4-5-6-18-14-24(27)31-25-19(18)8-10-21-20(25)15-26(16-30-21)12-11-17-7-9-22(28-2)23(13-17)29-3/h7-10,13-14H,4-6,11-12,15-16H2,1-3H3. The molecule has 0 unspecified atom stereocenters. The van der Waals surface area contributed by atoms with Crippen molar-refractivity contribution in [3.8, 4) is 17.2 Å². The van der Waals surface area contributed by atoms with Gasteiger partial charge in [0.2, 0.25) is 0 Å². The van der Waals surface area contributed by atoms with Crippen LogP contribution in [0, 0.1) is 0 Å². The molecular formula is C25H29NO5. The molecule has 0 spiro atoms. The molecule has 4 rings (SSSR count). The van der Waals surface area contributed by atoms with Gasteiger partial charge in [0.1, 0.15) is 18.1 Å². The van der Waals surface area contributed by atoms with Crippen molar-refractivity contribution in [3.05, 3.63) is 63.5 Å². The van der Waals surface area contributed by atoms with E-state index in [1.807, 2.05) is 24.3 Å².